The van der Waals surface area contributed by atoms with E-state index >= 15 is 0 Å². The monoisotopic (exact) mass is 465 g/mol. The van der Waals surface area contributed by atoms with Crippen LogP contribution in [0.5, 0.6) is 11.5 Å². The van der Waals surface area contributed by atoms with Crippen LogP contribution in [0.15, 0.2) is 18.2 Å². The van der Waals surface area contributed by atoms with E-state index in [2.05, 4.69) is 29.4 Å². The molecule has 0 spiro atoms. The normalized spacial score (nSPS) is 11.4. The van der Waals surface area contributed by atoms with Gasteiger partial charge in [0, 0.05) is 5.41 Å². The number of aromatic nitrogens is 2. The van der Waals surface area contributed by atoms with Crippen molar-refractivity contribution in [2.45, 2.75) is 78.1 Å². The summed E-state index contributed by atoms with van der Waals surface area (Å²) in [4.78, 5) is 13.2. The van der Waals surface area contributed by atoms with Crippen LogP contribution in [0.4, 0.5) is 9.52 Å². The van der Waals surface area contributed by atoms with Gasteiger partial charge in [-0.1, -0.05) is 45.1 Å². The molecule has 0 aliphatic heterocycles. The zero-order valence-electron chi connectivity index (χ0n) is 19.7. The minimum atomic E-state index is -0.332. The lowest BCUT2D eigenvalue weighted by Gasteiger charge is -2.28. The Balaban J connectivity index is 2.26. The SMILES string of the molecule is CCCOc1cccc(OCCC)c1C(=O)Nc1nnc(C(CC)(CC)CCCCF)s1. The summed E-state index contributed by atoms with van der Waals surface area (Å²) in [5.74, 6) is 0.650. The molecule has 0 atom stereocenters. The molecule has 0 saturated heterocycles. The number of benzene rings is 1. The number of unbranched alkanes of at least 4 members (excludes halogenated alkanes) is 1. The summed E-state index contributed by atoms with van der Waals surface area (Å²) >= 11 is 1.39. The summed E-state index contributed by atoms with van der Waals surface area (Å²) in [6.45, 7) is 8.99. The van der Waals surface area contributed by atoms with E-state index in [4.69, 9.17) is 9.47 Å². The fourth-order valence-electron chi connectivity index (χ4n) is 3.62. The zero-order chi connectivity index (χ0) is 23.4. The molecule has 6 nitrogen and oxygen atoms in total. The Kier molecular flexibility index (Phi) is 10.9. The summed E-state index contributed by atoms with van der Waals surface area (Å²) in [7, 11) is 0. The molecule has 0 fully saturated rings. The van der Waals surface area contributed by atoms with Gasteiger partial charge >= 0.3 is 0 Å². The van der Waals surface area contributed by atoms with Crippen molar-refractivity contribution in [1.29, 1.82) is 0 Å². The Morgan fingerprint density at radius 1 is 1.03 bits per heavy atom. The first-order valence-corrected chi connectivity index (χ1v) is 12.5. The third-order valence-electron chi connectivity index (χ3n) is 5.63. The maximum Gasteiger partial charge on any atom is 0.265 e. The molecule has 1 amide bonds. The molecule has 1 heterocycles. The molecular weight excluding hydrogens is 429 g/mol. The smallest absolute Gasteiger partial charge is 0.265 e. The van der Waals surface area contributed by atoms with Gasteiger partial charge in [0.2, 0.25) is 5.13 Å². The van der Waals surface area contributed by atoms with Crippen molar-refractivity contribution < 1.29 is 18.7 Å². The largest absolute Gasteiger partial charge is 0.493 e. The highest BCUT2D eigenvalue weighted by molar-refractivity contribution is 7.15. The van der Waals surface area contributed by atoms with E-state index in [0.717, 1.165) is 43.5 Å². The van der Waals surface area contributed by atoms with Crippen molar-refractivity contribution in [3.63, 3.8) is 0 Å². The Morgan fingerprint density at radius 2 is 1.66 bits per heavy atom. The molecule has 1 aromatic carbocycles. The molecule has 0 aliphatic rings. The molecule has 0 aliphatic carbocycles. The second kappa shape index (κ2) is 13.4. The van der Waals surface area contributed by atoms with Gasteiger partial charge in [-0.25, -0.2) is 0 Å². The Morgan fingerprint density at radius 3 is 2.19 bits per heavy atom. The van der Waals surface area contributed by atoms with Gasteiger partial charge < -0.3 is 9.47 Å². The topological polar surface area (TPSA) is 73.3 Å². The predicted octanol–water partition coefficient (Wildman–Crippen LogP) is 6.57. The van der Waals surface area contributed by atoms with Gasteiger partial charge in [-0.2, -0.15) is 0 Å². The molecule has 0 radical (unpaired) electrons. The fraction of sp³-hybridized carbons (Fsp3) is 0.625. The number of hydrogen-bond acceptors (Lipinski definition) is 6. The van der Waals surface area contributed by atoms with E-state index in [0.29, 0.717) is 41.8 Å². The van der Waals surface area contributed by atoms with E-state index in [1.54, 1.807) is 12.1 Å². The van der Waals surface area contributed by atoms with E-state index in [1.165, 1.54) is 11.3 Å². The van der Waals surface area contributed by atoms with Gasteiger partial charge in [0.15, 0.2) is 0 Å². The van der Waals surface area contributed by atoms with Crippen LogP contribution in [-0.2, 0) is 5.41 Å². The van der Waals surface area contributed by atoms with Crippen molar-refractivity contribution in [2.75, 3.05) is 25.2 Å². The highest BCUT2D eigenvalue weighted by atomic mass is 32.1. The number of ether oxygens (including phenoxy) is 2. The summed E-state index contributed by atoms with van der Waals surface area (Å²) in [5, 5.41) is 12.8. The standard InChI is InChI=1S/C24H36FN3O3S/c1-5-16-30-18-12-11-13-19(31-17-6-2)20(18)21(29)26-23-28-27-22(32-23)24(7-3,8-4)14-9-10-15-25/h11-13H,5-10,14-17H2,1-4H3,(H,26,28,29). The van der Waals surface area contributed by atoms with Gasteiger partial charge in [0.1, 0.15) is 22.1 Å². The average Bonchev–Trinajstić information content (AvgIpc) is 3.28. The Bertz CT molecular complexity index is 813. The van der Waals surface area contributed by atoms with E-state index in [9.17, 15) is 9.18 Å². The first-order chi connectivity index (χ1) is 15.5. The molecular formula is C24H36FN3O3S. The van der Waals surface area contributed by atoms with Crippen LogP contribution in [0, 0.1) is 0 Å². The lowest BCUT2D eigenvalue weighted by molar-refractivity contribution is 0.101. The van der Waals surface area contributed by atoms with E-state index < -0.39 is 0 Å². The van der Waals surface area contributed by atoms with Crippen LogP contribution < -0.4 is 14.8 Å². The zero-order valence-corrected chi connectivity index (χ0v) is 20.5. The van der Waals surface area contributed by atoms with Gasteiger partial charge in [-0.05, 0) is 57.1 Å². The quantitative estimate of drug-likeness (QED) is 0.301. The lowest BCUT2D eigenvalue weighted by atomic mass is 9.78. The van der Waals surface area contributed by atoms with E-state index in [-0.39, 0.29) is 18.0 Å². The molecule has 0 unspecified atom stereocenters. The summed E-state index contributed by atoms with van der Waals surface area (Å²) < 4.78 is 24.2. The number of carbonyl (C=O) groups is 1. The fourth-order valence-corrected chi connectivity index (χ4v) is 4.72. The lowest BCUT2D eigenvalue weighted by Crippen LogP contribution is -2.24. The number of hydrogen-bond donors (Lipinski definition) is 1. The average molecular weight is 466 g/mol. The van der Waals surface area contributed by atoms with Crippen LogP contribution in [0.2, 0.25) is 0 Å². The number of rotatable bonds is 15. The number of anilines is 1. The first kappa shape index (κ1) is 26.0. The van der Waals surface area contributed by atoms with Gasteiger partial charge in [0.05, 0.1) is 19.9 Å². The van der Waals surface area contributed by atoms with Gasteiger partial charge in [0.25, 0.3) is 5.91 Å². The number of amides is 1. The van der Waals surface area contributed by atoms with Crippen LogP contribution in [-0.4, -0.2) is 36.0 Å². The van der Waals surface area contributed by atoms with Crippen LogP contribution in [0.3, 0.4) is 0 Å². The van der Waals surface area contributed by atoms with Gasteiger partial charge in [-0.15, -0.1) is 10.2 Å². The molecule has 1 aromatic heterocycles. The van der Waals surface area contributed by atoms with Crippen LogP contribution in [0.25, 0.3) is 0 Å². The minimum Gasteiger partial charge on any atom is -0.493 e. The summed E-state index contributed by atoms with van der Waals surface area (Å²) in [6.07, 6.45) is 5.66. The number of nitrogens with one attached hydrogen (secondary N) is 1. The number of nitrogens with zero attached hydrogens (tertiary/aromatic N) is 2. The highest BCUT2D eigenvalue weighted by Crippen LogP contribution is 2.39. The highest BCUT2D eigenvalue weighted by Gasteiger charge is 2.32. The molecule has 2 rings (SSSR count). The number of alkyl halides is 1. The Hall–Kier alpha value is -2.22. The third kappa shape index (κ3) is 6.64. The molecule has 0 saturated carbocycles. The summed E-state index contributed by atoms with van der Waals surface area (Å²) in [5.41, 5.74) is 0.222. The number of carbonyl (C=O) groups excluding carboxylic acids is 1. The van der Waals surface area contributed by atoms with E-state index in [1.807, 2.05) is 19.9 Å². The molecule has 0 bridgehead atoms. The predicted molar refractivity (Wildman–Crippen MR) is 128 cm³/mol. The Labute approximate surface area is 194 Å². The number of halogens is 1. The van der Waals surface area contributed by atoms with Crippen molar-refractivity contribution >= 4 is 22.4 Å². The van der Waals surface area contributed by atoms with Crippen LogP contribution >= 0.6 is 11.3 Å². The van der Waals surface area contributed by atoms with Crippen molar-refractivity contribution in [2.24, 2.45) is 0 Å². The molecule has 8 heteroatoms. The molecule has 2 aromatic rings. The second-order valence-corrected chi connectivity index (χ2v) is 8.80. The molecule has 1 N–H and O–H groups in total. The second-order valence-electron chi connectivity index (χ2n) is 7.83. The maximum atomic E-state index is 13.2. The van der Waals surface area contributed by atoms with Crippen molar-refractivity contribution in [1.82, 2.24) is 10.2 Å². The van der Waals surface area contributed by atoms with Gasteiger partial charge in [-0.3, -0.25) is 14.5 Å². The van der Waals surface area contributed by atoms with Crippen LogP contribution in [0.1, 0.15) is 88.0 Å². The minimum absolute atomic E-state index is 0.145. The third-order valence-corrected chi connectivity index (χ3v) is 6.72. The first-order valence-electron chi connectivity index (χ1n) is 11.6. The summed E-state index contributed by atoms with van der Waals surface area (Å²) in [6, 6.07) is 5.38. The van der Waals surface area contributed by atoms with Crippen molar-refractivity contribution in [3.8, 4) is 11.5 Å². The van der Waals surface area contributed by atoms with Crippen molar-refractivity contribution in [3.05, 3.63) is 28.8 Å². The molecule has 178 valence electrons. The molecule has 32 heavy (non-hydrogen) atoms. The maximum absolute atomic E-state index is 13.2.